The average molecular weight is 200 g/mol. The fraction of sp³-hybridized carbons (Fsp3) is 0.333. The molecule has 1 aliphatic carbocycles. The fourth-order valence-electron chi connectivity index (χ4n) is 1.54. The highest BCUT2D eigenvalue weighted by atomic mass is 35.5. The van der Waals surface area contributed by atoms with Crippen LogP contribution in [0.3, 0.4) is 0 Å². The van der Waals surface area contributed by atoms with Gasteiger partial charge in [-0.15, -0.1) is 12.4 Å². The number of nitrogens with zero attached hydrogens (tertiary/aromatic N) is 1. The summed E-state index contributed by atoms with van der Waals surface area (Å²) < 4.78 is 0. The molecule has 2 rings (SSSR count). The van der Waals surface area contributed by atoms with Crippen LogP contribution >= 0.6 is 12.4 Å². The van der Waals surface area contributed by atoms with Gasteiger partial charge in [-0.05, 0) is 30.9 Å². The zero-order valence-corrected chi connectivity index (χ0v) is 7.80. The van der Waals surface area contributed by atoms with Crippen LogP contribution < -0.4 is 0 Å². The molecule has 13 heavy (non-hydrogen) atoms. The molecule has 1 aromatic heterocycles. The van der Waals surface area contributed by atoms with E-state index in [1.54, 1.807) is 6.07 Å². The molecular weight excluding hydrogens is 190 g/mol. The Hall–Kier alpha value is -1.09. The van der Waals surface area contributed by atoms with Gasteiger partial charge in [0.05, 0.1) is 0 Å². The SMILES string of the molecule is Cl.O=C(O)c1ccc2c(n1)CCC2. The van der Waals surface area contributed by atoms with Gasteiger partial charge < -0.3 is 5.11 Å². The summed E-state index contributed by atoms with van der Waals surface area (Å²) in [4.78, 5) is 14.6. The zero-order chi connectivity index (χ0) is 8.55. The van der Waals surface area contributed by atoms with Crippen LogP contribution in [0.1, 0.15) is 28.2 Å². The van der Waals surface area contributed by atoms with E-state index in [1.807, 2.05) is 6.07 Å². The number of carboxylic acids is 1. The minimum atomic E-state index is -0.940. The summed E-state index contributed by atoms with van der Waals surface area (Å²) in [5, 5.41) is 8.65. The number of fused-ring (bicyclic) bond motifs is 1. The van der Waals surface area contributed by atoms with E-state index in [0.29, 0.717) is 0 Å². The minimum Gasteiger partial charge on any atom is -0.477 e. The van der Waals surface area contributed by atoms with E-state index < -0.39 is 5.97 Å². The van der Waals surface area contributed by atoms with Crippen LogP contribution in [-0.2, 0) is 12.8 Å². The lowest BCUT2D eigenvalue weighted by atomic mass is 10.2. The molecule has 0 amide bonds. The Labute approximate surface area is 82.2 Å². The molecule has 0 radical (unpaired) electrons. The summed E-state index contributed by atoms with van der Waals surface area (Å²) in [6.45, 7) is 0. The van der Waals surface area contributed by atoms with Crippen LogP contribution in [0.15, 0.2) is 12.1 Å². The van der Waals surface area contributed by atoms with E-state index in [0.717, 1.165) is 25.0 Å². The Morgan fingerprint density at radius 3 is 2.85 bits per heavy atom. The van der Waals surface area contributed by atoms with Gasteiger partial charge in [0.2, 0.25) is 0 Å². The molecule has 1 aromatic rings. The first-order chi connectivity index (χ1) is 5.77. The highest BCUT2D eigenvalue weighted by Gasteiger charge is 2.14. The number of hydrogen-bond donors (Lipinski definition) is 1. The van der Waals surface area contributed by atoms with Crippen LogP contribution in [0, 0.1) is 0 Å². The average Bonchev–Trinajstić information content (AvgIpc) is 2.49. The quantitative estimate of drug-likeness (QED) is 0.749. The van der Waals surface area contributed by atoms with E-state index in [4.69, 9.17) is 5.11 Å². The molecule has 0 aliphatic heterocycles. The predicted octanol–water partition coefficient (Wildman–Crippen LogP) is 1.69. The van der Waals surface area contributed by atoms with Gasteiger partial charge in [0.1, 0.15) is 5.69 Å². The van der Waals surface area contributed by atoms with Crippen molar-refractivity contribution in [2.45, 2.75) is 19.3 Å². The van der Waals surface area contributed by atoms with Gasteiger partial charge in [-0.2, -0.15) is 0 Å². The standard InChI is InChI=1S/C9H9NO2.ClH/c11-9(12)8-5-4-6-2-1-3-7(6)10-8;/h4-5H,1-3H2,(H,11,12);1H. The van der Waals surface area contributed by atoms with Crippen LogP contribution in [0.4, 0.5) is 0 Å². The number of hydrogen-bond acceptors (Lipinski definition) is 2. The van der Waals surface area contributed by atoms with Gasteiger partial charge in [0.15, 0.2) is 0 Å². The molecule has 0 saturated heterocycles. The van der Waals surface area contributed by atoms with Crippen molar-refractivity contribution < 1.29 is 9.90 Å². The van der Waals surface area contributed by atoms with Crippen molar-refractivity contribution in [3.63, 3.8) is 0 Å². The topological polar surface area (TPSA) is 50.2 Å². The molecule has 0 aromatic carbocycles. The minimum absolute atomic E-state index is 0. The second kappa shape index (κ2) is 3.75. The number of carbonyl (C=O) groups is 1. The number of aromatic carboxylic acids is 1. The molecule has 0 bridgehead atoms. The van der Waals surface area contributed by atoms with Gasteiger partial charge in [-0.3, -0.25) is 0 Å². The highest BCUT2D eigenvalue weighted by molar-refractivity contribution is 5.85. The van der Waals surface area contributed by atoms with E-state index in [1.165, 1.54) is 5.56 Å². The maximum Gasteiger partial charge on any atom is 0.354 e. The normalized spacial score (nSPS) is 13.2. The summed E-state index contributed by atoms with van der Waals surface area (Å²) >= 11 is 0. The first kappa shape index (κ1) is 9.99. The Bertz CT molecular complexity index is 338. The van der Waals surface area contributed by atoms with Crippen molar-refractivity contribution >= 4 is 18.4 Å². The maximum atomic E-state index is 10.5. The highest BCUT2D eigenvalue weighted by Crippen LogP contribution is 2.19. The van der Waals surface area contributed by atoms with Gasteiger partial charge >= 0.3 is 5.97 Å². The second-order valence-electron chi connectivity index (χ2n) is 2.96. The largest absolute Gasteiger partial charge is 0.477 e. The van der Waals surface area contributed by atoms with Crippen molar-refractivity contribution in [3.8, 4) is 0 Å². The van der Waals surface area contributed by atoms with Crippen molar-refractivity contribution in [1.29, 1.82) is 0 Å². The summed E-state index contributed by atoms with van der Waals surface area (Å²) in [5.41, 5.74) is 2.34. The van der Waals surface area contributed by atoms with Crippen LogP contribution in [0.25, 0.3) is 0 Å². The lowest BCUT2D eigenvalue weighted by Crippen LogP contribution is -2.02. The molecule has 1 N–H and O–H groups in total. The molecule has 70 valence electrons. The van der Waals surface area contributed by atoms with Crippen LogP contribution in [0.5, 0.6) is 0 Å². The maximum absolute atomic E-state index is 10.5. The fourth-order valence-corrected chi connectivity index (χ4v) is 1.54. The predicted molar refractivity (Wildman–Crippen MR) is 50.5 cm³/mol. The number of carboxylic acid groups (broad SMARTS) is 1. The number of pyridine rings is 1. The first-order valence-electron chi connectivity index (χ1n) is 3.99. The lowest BCUT2D eigenvalue weighted by Gasteiger charge is -1.98. The van der Waals surface area contributed by atoms with E-state index >= 15 is 0 Å². The number of aryl methyl sites for hydroxylation is 2. The first-order valence-corrected chi connectivity index (χ1v) is 3.99. The monoisotopic (exact) mass is 199 g/mol. The summed E-state index contributed by atoms with van der Waals surface area (Å²) in [6.07, 6.45) is 3.07. The van der Waals surface area contributed by atoms with Gasteiger partial charge in [0.25, 0.3) is 0 Å². The smallest absolute Gasteiger partial charge is 0.354 e. The van der Waals surface area contributed by atoms with Gasteiger partial charge in [-0.1, -0.05) is 6.07 Å². The third kappa shape index (κ3) is 1.80. The molecule has 4 heteroatoms. The molecule has 0 fully saturated rings. The van der Waals surface area contributed by atoms with Gasteiger partial charge in [-0.25, -0.2) is 9.78 Å². The molecule has 0 spiro atoms. The number of halogens is 1. The lowest BCUT2D eigenvalue weighted by molar-refractivity contribution is 0.0690. The third-order valence-electron chi connectivity index (χ3n) is 2.15. The molecule has 0 atom stereocenters. The third-order valence-corrected chi connectivity index (χ3v) is 2.15. The molecule has 0 saturated carbocycles. The molecule has 1 aliphatic rings. The molecular formula is C9H10ClNO2. The zero-order valence-electron chi connectivity index (χ0n) is 6.99. The summed E-state index contributed by atoms with van der Waals surface area (Å²) in [5.74, 6) is -0.940. The van der Waals surface area contributed by atoms with Crippen molar-refractivity contribution in [1.82, 2.24) is 4.98 Å². The van der Waals surface area contributed by atoms with E-state index in [9.17, 15) is 4.79 Å². The van der Waals surface area contributed by atoms with Crippen molar-refractivity contribution in [2.75, 3.05) is 0 Å². The van der Waals surface area contributed by atoms with E-state index in [2.05, 4.69) is 4.98 Å². The molecule has 0 unspecified atom stereocenters. The second-order valence-corrected chi connectivity index (χ2v) is 2.96. The Morgan fingerprint density at radius 1 is 1.38 bits per heavy atom. The van der Waals surface area contributed by atoms with Gasteiger partial charge in [0, 0.05) is 5.69 Å². The summed E-state index contributed by atoms with van der Waals surface area (Å²) in [6, 6.07) is 3.45. The number of aromatic nitrogens is 1. The molecule has 3 nitrogen and oxygen atoms in total. The number of rotatable bonds is 1. The summed E-state index contributed by atoms with van der Waals surface area (Å²) in [7, 11) is 0. The Kier molecular flexibility index (Phi) is 2.88. The van der Waals surface area contributed by atoms with Crippen molar-refractivity contribution in [2.24, 2.45) is 0 Å². The van der Waals surface area contributed by atoms with Crippen LogP contribution in [0.2, 0.25) is 0 Å². The van der Waals surface area contributed by atoms with E-state index in [-0.39, 0.29) is 18.1 Å². The van der Waals surface area contributed by atoms with Crippen LogP contribution in [-0.4, -0.2) is 16.1 Å². The molecule has 1 heterocycles. The van der Waals surface area contributed by atoms with Crippen molar-refractivity contribution in [3.05, 3.63) is 29.1 Å². The Balaban J connectivity index is 0.000000845. The Morgan fingerprint density at radius 2 is 2.15 bits per heavy atom.